The standard InChI is InChI=1S/C15H18N4O3S/c1-15(2,3)14-17-13(18-22-14)10-19(23(4,20)21)12-7-5-6-11(8-12)9-16/h5-8H,10H2,1-4H3. The lowest BCUT2D eigenvalue weighted by atomic mass is 9.97. The molecule has 0 unspecified atom stereocenters. The Morgan fingerprint density at radius 1 is 1.35 bits per heavy atom. The van der Waals surface area contributed by atoms with Gasteiger partial charge in [-0.3, -0.25) is 4.31 Å². The number of aromatic nitrogens is 2. The summed E-state index contributed by atoms with van der Waals surface area (Å²) in [7, 11) is -3.57. The zero-order chi connectivity index (χ0) is 17.3. The topological polar surface area (TPSA) is 100 Å². The van der Waals surface area contributed by atoms with Gasteiger partial charge in [-0.25, -0.2) is 8.42 Å². The Morgan fingerprint density at radius 3 is 2.57 bits per heavy atom. The van der Waals surface area contributed by atoms with Crippen molar-refractivity contribution in [3.8, 4) is 6.07 Å². The second-order valence-corrected chi connectivity index (χ2v) is 8.10. The fourth-order valence-corrected chi connectivity index (χ4v) is 2.73. The smallest absolute Gasteiger partial charge is 0.232 e. The van der Waals surface area contributed by atoms with Crippen LogP contribution >= 0.6 is 0 Å². The lowest BCUT2D eigenvalue weighted by molar-refractivity contribution is 0.318. The maximum Gasteiger partial charge on any atom is 0.232 e. The predicted molar refractivity (Wildman–Crippen MR) is 85.2 cm³/mol. The number of anilines is 1. The average Bonchev–Trinajstić information content (AvgIpc) is 2.92. The van der Waals surface area contributed by atoms with Gasteiger partial charge in [0.15, 0.2) is 5.82 Å². The van der Waals surface area contributed by atoms with E-state index in [-0.39, 0.29) is 17.8 Å². The van der Waals surface area contributed by atoms with Gasteiger partial charge < -0.3 is 4.52 Å². The molecule has 0 atom stereocenters. The Balaban J connectivity index is 2.38. The van der Waals surface area contributed by atoms with Crippen LogP contribution in [-0.4, -0.2) is 24.8 Å². The molecule has 8 heteroatoms. The highest BCUT2D eigenvalue weighted by atomic mass is 32.2. The Kier molecular flexibility index (Phi) is 4.43. The zero-order valence-corrected chi connectivity index (χ0v) is 14.3. The summed E-state index contributed by atoms with van der Waals surface area (Å²) in [6, 6.07) is 8.35. The lowest BCUT2D eigenvalue weighted by Crippen LogP contribution is -2.30. The van der Waals surface area contributed by atoms with E-state index in [0.717, 1.165) is 10.6 Å². The van der Waals surface area contributed by atoms with Crippen LogP contribution in [0.1, 0.15) is 38.0 Å². The SMILES string of the molecule is CC(C)(C)c1nc(CN(c2cccc(C#N)c2)S(C)(=O)=O)no1. The molecule has 2 rings (SSSR count). The maximum absolute atomic E-state index is 12.1. The van der Waals surface area contributed by atoms with Crippen LogP contribution in [0.25, 0.3) is 0 Å². The van der Waals surface area contributed by atoms with Gasteiger partial charge >= 0.3 is 0 Å². The van der Waals surface area contributed by atoms with Gasteiger partial charge in [0.2, 0.25) is 15.9 Å². The summed E-state index contributed by atoms with van der Waals surface area (Å²) in [5, 5.41) is 12.8. The van der Waals surface area contributed by atoms with Gasteiger partial charge in [-0.05, 0) is 18.2 Å². The van der Waals surface area contributed by atoms with Crippen molar-refractivity contribution in [2.24, 2.45) is 0 Å². The molecule has 122 valence electrons. The molecule has 0 aliphatic rings. The molecule has 0 spiro atoms. The largest absolute Gasteiger partial charge is 0.339 e. The summed E-state index contributed by atoms with van der Waals surface area (Å²) in [5.74, 6) is 0.703. The predicted octanol–water partition coefficient (Wildman–Crippen LogP) is 2.20. The third-order valence-corrected chi connectivity index (χ3v) is 4.20. The van der Waals surface area contributed by atoms with Crippen LogP contribution in [0.2, 0.25) is 0 Å². The molecule has 1 aromatic heterocycles. The fourth-order valence-electron chi connectivity index (χ4n) is 1.88. The van der Waals surface area contributed by atoms with Gasteiger partial charge in [0.25, 0.3) is 0 Å². The van der Waals surface area contributed by atoms with E-state index in [1.54, 1.807) is 18.2 Å². The van der Waals surface area contributed by atoms with E-state index in [4.69, 9.17) is 9.78 Å². The monoisotopic (exact) mass is 334 g/mol. The van der Waals surface area contributed by atoms with Gasteiger partial charge in [-0.1, -0.05) is 32.0 Å². The molecule has 0 amide bonds. The number of hydrogen-bond donors (Lipinski definition) is 0. The third kappa shape index (κ3) is 4.07. The van der Waals surface area contributed by atoms with E-state index in [1.807, 2.05) is 26.8 Å². The molecule has 2 aromatic rings. The lowest BCUT2D eigenvalue weighted by Gasteiger charge is -2.20. The number of hydrogen-bond acceptors (Lipinski definition) is 6. The molecular formula is C15H18N4O3S. The first-order valence-corrected chi connectivity index (χ1v) is 8.77. The molecule has 0 fully saturated rings. The summed E-state index contributed by atoms with van der Waals surface area (Å²) < 4.78 is 30.5. The summed E-state index contributed by atoms with van der Waals surface area (Å²) in [6.07, 6.45) is 1.09. The van der Waals surface area contributed by atoms with E-state index >= 15 is 0 Å². The van der Waals surface area contributed by atoms with Crippen molar-refractivity contribution in [2.45, 2.75) is 32.7 Å². The van der Waals surface area contributed by atoms with Crippen molar-refractivity contribution in [1.82, 2.24) is 10.1 Å². The van der Waals surface area contributed by atoms with Gasteiger partial charge in [-0.15, -0.1) is 0 Å². The molecule has 23 heavy (non-hydrogen) atoms. The first-order chi connectivity index (χ1) is 10.6. The van der Waals surface area contributed by atoms with Crippen LogP contribution in [0, 0.1) is 11.3 Å². The highest BCUT2D eigenvalue weighted by Crippen LogP contribution is 2.23. The fraction of sp³-hybridized carbons (Fsp3) is 0.400. The van der Waals surface area contributed by atoms with Gasteiger partial charge in [0.1, 0.15) is 0 Å². The number of rotatable bonds is 4. The summed E-state index contributed by atoms with van der Waals surface area (Å²) in [6.45, 7) is 5.71. The van der Waals surface area contributed by atoms with Crippen molar-refractivity contribution < 1.29 is 12.9 Å². The van der Waals surface area contributed by atoms with E-state index in [9.17, 15) is 8.42 Å². The van der Waals surface area contributed by atoms with Crippen molar-refractivity contribution >= 4 is 15.7 Å². The normalized spacial score (nSPS) is 12.0. The van der Waals surface area contributed by atoms with Crippen molar-refractivity contribution in [1.29, 1.82) is 5.26 Å². The van der Waals surface area contributed by atoms with E-state index in [2.05, 4.69) is 10.1 Å². The summed E-state index contributed by atoms with van der Waals surface area (Å²) in [5.41, 5.74) is 0.440. The van der Waals surface area contributed by atoms with Crippen LogP contribution < -0.4 is 4.31 Å². The number of nitrogens with zero attached hydrogens (tertiary/aromatic N) is 4. The molecule has 7 nitrogen and oxygen atoms in total. The number of benzene rings is 1. The summed E-state index contributed by atoms with van der Waals surface area (Å²) in [4.78, 5) is 4.25. The molecule has 0 radical (unpaired) electrons. The number of nitriles is 1. The molecular weight excluding hydrogens is 316 g/mol. The Labute approximate surface area is 135 Å². The summed E-state index contributed by atoms with van der Waals surface area (Å²) >= 11 is 0. The van der Waals surface area contributed by atoms with Gasteiger partial charge in [0, 0.05) is 5.41 Å². The zero-order valence-electron chi connectivity index (χ0n) is 13.4. The van der Waals surface area contributed by atoms with Crippen molar-refractivity contribution in [3.05, 3.63) is 41.5 Å². The third-order valence-electron chi connectivity index (χ3n) is 3.06. The molecule has 1 aromatic carbocycles. The van der Waals surface area contributed by atoms with Crippen LogP contribution in [0.15, 0.2) is 28.8 Å². The second kappa shape index (κ2) is 6.01. The molecule has 0 saturated heterocycles. The van der Waals surface area contributed by atoms with E-state index < -0.39 is 10.0 Å². The first kappa shape index (κ1) is 17.0. The van der Waals surface area contributed by atoms with Crippen LogP contribution in [0.3, 0.4) is 0 Å². The quantitative estimate of drug-likeness (QED) is 0.849. The van der Waals surface area contributed by atoms with Gasteiger partial charge in [-0.2, -0.15) is 10.2 Å². The Bertz CT molecular complexity index is 844. The average molecular weight is 334 g/mol. The number of sulfonamides is 1. The van der Waals surface area contributed by atoms with E-state index in [0.29, 0.717) is 17.1 Å². The second-order valence-electron chi connectivity index (χ2n) is 6.20. The van der Waals surface area contributed by atoms with Crippen molar-refractivity contribution in [2.75, 3.05) is 10.6 Å². The van der Waals surface area contributed by atoms with Crippen molar-refractivity contribution in [3.63, 3.8) is 0 Å². The molecule has 0 saturated carbocycles. The minimum Gasteiger partial charge on any atom is -0.339 e. The van der Waals surface area contributed by atoms with Crippen LogP contribution in [0.5, 0.6) is 0 Å². The minimum atomic E-state index is -3.57. The molecule has 0 bridgehead atoms. The Morgan fingerprint density at radius 2 is 2.04 bits per heavy atom. The van der Waals surface area contributed by atoms with E-state index in [1.165, 1.54) is 6.07 Å². The Hall–Kier alpha value is -2.40. The molecule has 0 N–H and O–H groups in total. The molecule has 0 aliphatic carbocycles. The van der Waals surface area contributed by atoms with Crippen LogP contribution in [0.4, 0.5) is 5.69 Å². The highest BCUT2D eigenvalue weighted by molar-refractivity contribution is 7.92. The molecule has 0 aliphatic heterocycles. The minimum absolute atomic E-state index is 0.0622. The maximum atomic E-state index is 12.1. The van der Waals surface area contributed by atoms with Crippen LogP contribution in [-0.2, 0) is 22.0 Å². The first-order valence-electron chi connectivity index (χ1n) is 6.92. The highest BCUT2D eigenvalue weighted by Gasteiger charge is 2.25. The molecule has 1 heterocycles. The van der Waals surface area contributed by atoms with Gasteiger partial charge in [0.05, 0.1) is 30.1 Å².